The summed E-state index contributed by atoms with van der Waals surface area (Å²) in [7, 11) is 0. The topological polar surface area (TPSA) is 44.0 Å². The molecule has 0 bridgehead atoms. The fourth-order valence-corrected chi connectivity index (χ4v) is 2.73. The molecule has 0 saturated carbocycles. The van der Waals surface area contributed by atoms with Gasteiger partial charge in [0.05, 0.1) is 6.04 Å². The first-order valence-corrected chi connectivity index (χ1v) is 7.20. The van der Waals surface area contributed by atoms with E-state index in [4.69, 9.17) is 0 Å². The largest absolute Gasteiger partial charge is 0.347 e. The molecule has 1 aliphatic rings. The van der Waals surface area contributed by atoms with Crippen molar-refractivity contribution in [3.05, 3.63) is 18.2 Å². The molecule has 1 atom stereocenters. The molecule has 18 heavy (non-hydrogen) atoms. The summed E-state index contributed by atoms with van der Waals surface area (Å²) in [5.41, 5.74) is 0. The highest BCUT2D eigenvalue weighted by Gasteiger charge is 2.23. The van der Waals surface area contributed by atoms with Gasteiger partial charge in [-0.15, -0.1) is 0 Å². The minimum absolute atomic E-state index is 0.371. The second-order valence-corrected chi connectivity index (χ2v) is 5.51. The average Bonchev–Trinajstić information content (AvgIpc) is 2.90. The lowest BCUT2D eigenvalue weighted by atomic mass is 10.0. The first kappa shape index (κ1) is 13.6. The van der Waals surface area contributed by atoms with Crippen molar-refractivity contribution in [3.63, 3.8) is 0 Å². The third-order valence-corrected chi connectivity index (χ3v) is 3.95. The Balaban J connectivity index is 1.83. The van der Waals surface area contributed by atoms with E-state index < -0.39 is 0 Å². The Labute approximate surface area is 110 Å². The number of nitrogens with zero attached hydrogens (tertiary/aromatic N) is 2. The van der Waals surface area contributed by atoms with Crippen LogP contribution in [0.25, 0.3) is 0 Å². The number of nitrogens with one attached hydrogen (secondary N) is 2. The summed E-state index contributed by atoms with van der Waals surface area (Å²) in [4.78, 5) is 10.1. The Hall–Kier alpha value is -0.870. The van der Waals surface area contributed by atoms with Crippen molar-refractivity contribution in [1.29, 1.82) is 0 Å². The maximum Gasteiger partial charge on any atom is 0.123 e. The lowest BCUT2D eigenvalue weighted by Gasteiger charge is -2.36. The molecule has 0 amide bonds. The standard InChI is InChI=1S/C14H26N4/c1-4-13(14-15-7-8-16-14)17-12-5-9-18(10-6-12)11(2)3/h7-8,11-13,17H,4-6,9-10H2,1-3H3,(H,15,16). The van der Waals surface area contributed by atoms with Crippen LogP contribution in [-0.2, 0) is 0 Å². The number of hydrogen-bond acceptors (Lipinski definition) is 3. The number of piperidine rings is 1. The maximum absolute atomic E-state index is 4.37. The Bertz CT molecular complexity index is 326. The van der Waals surface area contributed by atoms with E-state index >= 15 is 0 Å². The van der Waals surface area contributed by atoms with Gasteiger partial charge in [0.1, 0.15) is 5.82 Å². The van der Waals surface area contributed by atoms with Crippen LogP contribution in [0.15, 0.2) is 12.4 Å². The van der Waals surface area contributed by atoms with Crippen molar-refractivity contribution in [2.45, 2.75) is 58.2 Å². The molecule has 1 fully saturated rings. The SMILES string of the molecule is CCC(NC1CCN(C(C)C)CC1)c1ncc[nH]1. The highest BCUT2D eigenvalue weighted by Crippen LogP contribution is 2.18. The zero-order chi connectivity index (χ0) is 13.0. The summed E-state index contributed by atoms with van der Waals surface area (Å²) in [5, 5.41) is 3.75. The second kappa shape index (κ2) is 6.34. The molecule has 0 radical (unpaired) electrons. The van der Waals surface area contributed by atoms with Crippen LogP contribution in [0.3, 0.4) is 0 Å². The number of aromatic nitrogens is 2. The summed E-state index contributed by atoms with van der Waals surface area (Å²) < 4.78 is 0. The summed E-state index contributed by atoms with van der Waals surface area (Å²) in [5.74, 6) is 1.07. The number of hydrogen-bond donors (Lipinski definition) is 2. The number of rotatable bonds is 5. The Kier molecular flexibility index (Phi) is 4.78. The van der Waals surface area contributed by atoms with E-state index in [9.17, 15) is 0 Å². The van der Waals surface area contributed by atoms with Gasteiger partial charge in [0.2, 0.25) is 0 Å². The Morgan fingerprint density at radius 3 is 2.67 bits per heavy atom. The number of likely N-dealkylation sites (tertiary alicyclic amines) is 1. The maximum atomic E-state index is 4.37. The lowest BCUT2D eigenvalue weighted by molar-refractivity contribution is 0.155. The first-order chi connectivity index (χ1) is 8.70. The van der Waals surface area contributed by atoms with Crippen LogP contribution in [0.4, 0.5) is 0 Å². The smallest absolute Gasteiger partial charge is 0.123 e. The lowest BCUT2D eigenvalue weighted by Crippen LogP contribution is -2.46. The minimum Gasteiger partial charge on any atom is -0.347 e. The highest BCUT2D eigenvalue weighted by atomic mass is 15.2. The van der Waals surface area contributed by atoms with E-state index in [1.165, 1.54) is 25.9 Å². The zero-order valence-corrected chi connectivity index (χ0v) is 11.8. The molecule has 4 heteroatoms. The second-order valence-electron chi connectivity index (χ2n) is 5.51. The van der Waals surface area contributed by atoms with Crippen molar-refractivity contribution in [1.82, 2.24) is 20.2 Å². The van der Waals surface area contributed by atoms with Crippen molar-refractivity contribution in [2.75, 3.05) is 13.1 Å². The molecule has 102 valence electrons. The van der Waals surface area contributed by atoms with E-state index in [-0.39, 0.29) is 0 Å². The third kappa shape index (κ3) is 3.33. The van der Waals surface area contributed by atoms with Crippen molar-refractivity contribution in [2.24, 2.45) is 0 Å². The Morgan fingerprint density at radius 2 is 2.17 bits per heavy atom. The minimum atomic E-state index is 0.371. The van der Waals surface area contributed by atoms with Crippen LogP contribution in [-0.4, -0.2) is 40.0 Å². The van der Waals surface area contributed by atoms with Gasteiger partial charge in [-0.3, -0.25) is 0 Å². The first-order valence-electron chi connectivity index (χ1n) is 7.20. The highest BCUT2D eigenvalue weighted by molar-refractivity contribution is 4.96. The molecule has 2 heterocycles. The van der Waals surface area contributed by atoms with E-state index in [0.29, 0.717) is 18.1 Å². The van der Waals surface area contributed by atoms with Gasteiger partial charge in [-0.05, 0) is 46.2 Å². The number of aromatic amines is 1. The molecular weight excluding hydrogens is 224 g/mol. The molecule has 0 spiro atoms. The van der Waals surface area contributed by atoms with E-state index in [1.807, 2.05) is 12.4 Å². The van der Waals surface area contributed by atoms with Gasteiger partial charge in [-0.25, -0.2) is 4.98 Å². The van der Waals surface area contributed by atoms with Crippen molar-refractivity contribution >= 4 is 0 Å². The van der Waals surface area contributed by atoms with Gasteiger partial charge in [0, 0.05) is 24.5 Å². The molecule has 1 aromatic heterocycles. The Morgan fingerprint density at radius 1 is 1.44 bits per heavy atom. The van der Waals surface area contributed by atoms with Gasteiger partial charge in [-0.1, -0.05) is 6.92 Å². The van der Waals surface area contributed by atoms with Crippen LogP contribution in [0.2, 0.25) is 0 Å². The van der Waals surface area contributed by atoms with Gasteiger partial charge >= 0.3 is 0 Å². The van der Waals surface area contributed by atoms with E-state index in [1.54, 1.807) is 0 Å². The van der Waals surface area contributed by atoms with Crippen LogP contribution in [0.5, 0.6) is 0 Å². The predicted octanol–water partition coefficient (Wildman–Crippen LogP) is 2.32. The summed E-state index contributed by atoms with van der Waals surface area (Å²) in [6.45, 7) is 9.20. The average molecular weight is 250 g/mol. The molecule has 0 aliphatic carbocycles. The molecule has 0 aromatic carbocycles. The molecule has 1 aromatic rings. The molecule has 1 aliphatic heterocycles. The number of imidazole rings is 1. The molecule has 2 N–H and O–H groups in total. The quantitative estimate of drug-likeness (QED) is 0.843. The van der Waals surface area contributed by atoms with Crippen LogP contribution in [0.1, 0.15) is 51.9 Å². The van der Waals surface area contributed by atoms with Crippen LogP contribution in [0, 0.1) is 0 Å². The fraction of sp³-hybridized carbons (Fsp3) is 0.786. The molecule has 4 nitrogen and oxygen atoms in total. The van der Waals surface area contributed by atoms with Crippen LogP contribution >= 0.6 is 0 Å². The third-order valence-electron chi connectivity index (χ3n) is 3.95. The summed E-state index contributed by atoms with van der Waals surface area (Å²) >= 11 is 0. The predicted molar refractivity (Wildman–Crippen MR) is 74.5 cm³/mol. The van der Waals surface area contributed by atoms with Crippen LogP contribution < -0.4 is 5.32 Å². The molecule has 2 rings (SSSR count). The van der Waals surface area contributed by atoms with Gasteiger partial charge in [-0.2, -0.15) is 0 Å². The summed E-state index contributed by atoms with van der Waals surface area (Å²) in [6.07, 6.45) is 7.31. The van der Waals surface area contributed by atoms with E-state index in [2.05, 4.69) is 41.0 Å². The molecule has 1 saturated heterocycles. The normalized spacial score (nSPS) is 20.4. The monoisotopic (exact) mass is 250 g/mol. The number of H-pyrrole nitrogens is 1. The fourth-order valence-electron chi connectivity index (χ4n) is 2.73. The van der Waals surface area contributed by atoms with E-state index in [0.717, 1.165) is 12.2 Å². The van der Waals surface area contributed by atoms with Crippen molar-refractivity contribution < 1.29 is 0 Å². The summed E-state index contributed by atoms with van der Waals surface area (Å²) in [6, 6.07) is 1.68. The van der Waals surface area contributed by atoms with Gasteiger partial charge in [0.15, 0.2) is 0 Å². The van der Waals surface area contributed by atoms with Crippen molar-refractivity contribution in [3.8, 4) is 0 Å². The zero-order valence-electron chi connectivity index (χ0n) is 11.8. The van der Waals surface area contributed by atoms with Gasteiger partial charge in [0.25, 0.3) is 0 Å². The molecule has 1 unspecified atom stereocenters. The van der Waals surface area contributed by atoms with Gasteiger partial charge < -0.3 is 15.2 Å². The molecular formula is C14H26N4.